The van der Waals surface area contributed by atoms with Gasteiger partial charge in [-0.15, -0.1) is 0 Å². The number of rotatable bonds is 3. The quantitative estimate of drug-likeness (QED) is 0.235. The lowest BCUT2D eigenvalue weighted by Gasteiger charge is -2.36. The van der Waals surface area contributed by atoms with Crippen LogP contribution < -0.4 is 15.9 Å². The molecule has 0 bridgehead atoms. The van der Waals surface area contributed by atoms with Gasteiger partial charge in [0.1, 0.15) is 10.1 Å². The maximum absolute atomic E-state index is 14.0. The van der Waals surface area contributed by atoms with Crippen molar-refractivity contribution in [2.75, 3.05) is 0 Å². The van der Waals surface area contributed by atoms with Crippen molar-refractivity contribution in [3.05, 3.63) is 122 Å². The van der Waals surface area contributed by atoms with Crippen LogP contribution in [-0.2, 0) is 14.4 Å². The van der Waals surface area contributed by atoms with E-state index in [1.54, 1.807) is 0 Å². The summed E-state index contributed by atoms with van der Waals surface area (Å²) in [5.74, 6) is -1.76. The van der Waals surface area contributed by atoms with Crippen molar-refractivity contribution in [1.82, 2.24) is 0 Å². The first kappa shape index (κ1) is 25.0. The van der Waals surface area contributed by atoms with Gasteiger partial charge in [0, 0.05) is 5.57 Å². The van der Waals surface area contributed by atoms with Crippen molar-refractivity contribution in [3.63, 3.8) is 0 Å². The van der Waals surface area contributed by atoms with Gasteiger partial charge < -0.3 is 0 Å². The first-order chi connectivity index (χ1) is 17.3. The Morgan fingerprint density at radius 2 is 0.750 bits per heavy atom. The summed E-state index contributed by atoms with van der Waals surface area (Å²) in [4.78, 5) is 40.2. The Kier molecular flexibility index (Phi) is 6.72. The average Bonchev–Trinajstić information content (AvgIpc) is 2.93. The second-order valence-electron chi connectivity index (χ2n) is 8.02. The number of carbonyl (C=O) groups is 3. The molecule has 0 amide bonds. The largest absolute Gasteiger partial charge is 0.288 e. The van der Waals surface area contributed by atoms with Gasteiger partial charge in [-0.25, -0.2) is 0 Å². The van der Waals surface area contributed by atoms with Gasteiger partial charge in [-0.3, -0.25) is 14.4 Å². The molecule has 0 saturated heterocycles. The third-order valence-corrected chi connectivity index (χ3v) is 12.1. The molecular formula is C28H15Cl4O3P. The highest BCUT2D eigenvalue weighted by molar-refractivity contribution is 7.98. The first-order valence-corrected chi connectivity index (χ1v) is 14.0. The van der Waals surface area contributed by atoms with Crippen molar-refractivity contribution < 1.29 is 14.4 Å². The zero-order valence-corrected chi connectivity index (χ0v) is 22.3. The van der Waals surface area contributed by atoms with E-state index in [1.807, 2.05) is 91.0 Å². The van der Waals surface area contributed by atoms with Gasteiger partial charge in [0.2, 0.25) is 17.3 Å². The van der Waals surface area contributed by atoms with Crippen molar-refractivity contribution in [2.24, 2.45) is 0 Å². The molecule has 2 aliphatic carbocycles. The van der Waals surface area contributed by atoms with Crippen molar-refractivity contribution in [3.8, 4) is 0 Å². The van der Waals surface area contributed by atoms with Crippen LogP contribution in [0.1, 0.15) is 0 Å². The van der Waals surface area contributed by atoms with Crippen LogP contribution >= 0.6 is 53.3 Å². The second kappa shape index (κ2) is 9.67. The van der Waals surface area contributed by atoms with Gasteiger partial charge in [-0.05, 0) is 22.8 Å². The molecule has 8 heteroatoms. The Bertz CT molecular complexity index is 1450. The molecule has 2 aliphatic rings. The van der Waals surface area contributed by atoms with Crippen LogP contribution in [0.2, 0.25) is 0 Å². The molecule has 1 fully saturated rings. The maximum Gasteiger partial charge on any atom is 0.218 e. The lowest BCUT2D eigenvalue weighted by molar-refractivity contribution is -0.120. The summed E-state index contributed by atoms with van der Waals surface area (Å²) in [6.07, 6.45) is 0. The fraction of sp³-hybridized carbons (Fsp3) is 0. The van der Waals surface area contributed by atoms with E-state index in [1.165, 1.54) is 0 Å². The first-order valence-electron chi connectivity index (χ1n) is 10.7. The molecule has 5 rings (SSSR count). The van der Waals surface area contributed by atoms with E-state index in [4.69, 9.17) is 46.4 Å². The van der Waals surface area contributed by atoms with Gasteiger partial charge in [0.05, 0.1) is 20.9 Å². The summed E-state index contributed by atoms with van der Waals surface area (Å²) in [6.45, 7) is -2.91. The molecule has 0 N–H and O–H groups in total. The molecule has 3 nitrogen and oxygen atoms in total. The molecule has 0 heterocycles. The maximum atomic E-state index is 14.0. The van der Waals surface area contributed by atoms with Crippen LogP contribution in [0, 0.1) is 0 Å². The van der Waals surface area contributed by atoms with Crippen LogP contribution in [0.5, 0.6) is 0 Å². The number of carbonyl (C=O) groups excluding carboxylic acids is 3. The molecule has 0 atom stereocenters. The van der Waals surface area contributed by atoms with Crippen LogP contribution in [0.4, 0.5) is 0 Å². The Hall–Kier alpha value is -2.65. The van der Waals surface area contributed by atoms with Gasteiger partial charge in [-0.2, -0.15) is 0 Å². The Labute approximate surface area is 227 Å². The van der Waals surface area contributed by atoms with Gasteiger partial charge in [0.25, 0.3) is 0 Å². The predicted octanol–water partition coefficient (Wildman–Crippen LogP) is 5.56. The van der Waals surface area contributed by atoms with E-state index in [2.05, 4.69) is 0 Å². The molecule has 0 aromatic heterocycles. The Morgan fingerprint density at radius 3 is 1.08 bits per heavy atom. The molecule has 178 valence electrons. The minimum absolute atomic E-state index is 0.112. The van der Waals surface area contributed by atoms with Crippen LogP contribution in [0.25, 0.3) is 0 Å². The van der Waals surface area contributed by atoms with Gasteiger partial charge in [-0.1, -0.05) is 137 Å². The molecule has 0 radical (unpaired) electrons. The molecule has 0 spiro atoms. The molecule has 0 aliphatic heterocycles. The summed E-state index contributed by atoms with van der Waals surface area (Å²) >= 11 is 24.8. The lowest BCUT2D eigenvalue weighted by Crippen LogP contribution is -2.48. The summed E-state index contributed by atoms with van der Waals surface area (Å²) in [5.41, 5.74) is -0.338. The summed E-state index contributed by atoms with van der Waals surface area (Å²) in [6, 6.07) is 28.5. The van der Waals surface area contributed by atoms with Crippen LogP contribution in [0.3, 0.4) is 0 Å². The third kappa shape index (κ3) is 3.62. The van der Waals surface area contributed by atoms with E-state index in [9.17, 15) is 14.4 Å². The van der Waals surface area contributed by atoms with Crippen molar-refractivity contribution >= 4 is 91.8 Å². The zero-order chi connectivity index (χ0) is 25.6. The number of halogens is 4. The van der Waals surface area contributed by atoms with Gasteiger partial charge >= 0.3 is 0 Å². The highest BCUT2D eigenvalue weighted by Gasteiger charge is 2.50. The van der Waals surface area contributed by atoms with E-state index in [-0.39, 0.29) is 26.5 Å². The molecule has 3 aromatic carbocycles. The highest BCUT2D eigenvalue weighted by atomic mass is 35.5. The standard InChI is InChI=1S/C28H15Cl4O3P/c29-21-19(22(30)24(32)27(35)23(21)31)20-25(33)28(26(20)34)36(16-10-4-1-5-11-16,17-12-6-2-7-13-17)18-14-8-3-9-15-18/h1-15H. The third-order valence-electron chi connectivity index (χ3n) is 6.12. The van der Waals surface area contributed by atoms with Crippen molar-refractivity contribution in [2.45, 2.75) is 0 Å². The van der Waals surface area contributed by atoms with Crippen molar-refractivity contribution in [1.29, 1.82) is 0 Å². The van der Waals surface area contributed by atoms with E-state index < -0.39 is 34.3 Å². The summed E-state index contributed by atoms with van der Waals surface area (Å²) in [7, 11) is 0. The SMILES string of the molecule is O=C1C(Cl)=C(Cl)C(=C2C(=O)C(=P(c3ccccc3)(c3ccccc3)c3ccccc3)C2=O)C(Cl)=C1Cl. The number of Topliss-reactive ketones (excluding diaryl/α,β-unsaturated/α-hetero) is 3. The van der Waals surface area contributed by atoms with Gasteiger partial charge in [0.15, 0.2) is 0 Å². The van der Waals surface area contributed by atoms with Crippen LogP contribution in [0.15, 0.2) is 122 Å². The zero-order valence-electron chi connectivity index (χ0n) is 18.3. The Balaban J connectivity index is 1.93. The average molecular weight is 572 g/mol. The number of ketones is 3. The van der Waals surface area contributed by atoms with E-state index in [0.29, 0.717) is 0 Å². The summed E-state index contributed by atoms with van der Waals surface area (Å²) < 4.78 is 0. The number of hydrogen-bond donors (Lipinski definition) is 0. The molecule has 36 heavy (non-hydrogen) atoms. The minimum atomic E-state index is -2.91. The topological polar surface area (TPSA) is 51.2 Å². The second-order valence-corrected chi connectivity index (χ2v) is 12.9. The Morgan fingerprint density at radius 1 is 0.417 bits per heavy atom. The molecule has 0 unspecified atom stereocenters. The van der Waals surface area contributed by atoms with Crippen LogP contribution in [-0.4, -0.2) is 22.6 Å². The number of allylic oxidation sites excluding steroid dienone is 6. The highest BCUT2D eigenvalue weighted by Crippen LogP contribution is 2.52. The number of hydrogen-bond acceptors (Lipinski definition) is 3. The smallest absolute Gasteiger partial charge is 0.218 e. The van der Waals surface area contributed by atoms with E-state index >= 15 is 0 Å². The fourth-order valence-corrected chi connectivity index (χ4v) is 9.92. The molecule has 1 saturated carbocycles. The monoisotopic (exact) mass is 570 g/mol. The fourth-order valence-electron chi connectivity index (χ4n) is 4.53. The number of benzene rings is 3. The minimum Gasteiger partial charge on any atom is -0.288 e. The molecule has 3 aromatic rings. The molecular weight excluding hydrogens is 557 g/mol. The summed E-state index contributed by atoms with van der Waals surface area (Å²) in [5, 5.41) is 1.37. The normalized spacial score (nSPS) is 16.7. The van der Waals surface area contributed by atoms with E-state index in [0.717, 1.165) is 15.9 Å². The predicted molar refractivity (Wildman–Crippen MR) is 150 cm³/mol. The lowest BCUT2D eigenvalue weighted by atomic mass is 9.83.